The summed E-state index contributed by atoms with van der Waals surface area (Å²) in [6.07, 6.45) is 2.54. The van der Waals surface area contributed by atoms with Crippen LogP contribution in [0.5, 0.6) is 0 Å². The van der Waals surface area contributed by atoms with Gasteiger partial charge in [0.15, 0.2) is 0 Å². The predicted octanol–water partition coefficient (Wildman–Crippen LogP) is 2.83. The summed E-state index contributed by atoms with van der Waals surface area (Å²) in [5, 5.41) is 2.89. The maximum Gasteiger partial charge on any atom is 0.239 e. The van der Waals surface area contributed by atoms with Crippen LogP contribution in [0.15, 0.2) is 60.7 Å². The fourth-order valence-corrected chi connectivity index (χ4v) is 2.69. The molecule has 0 saturated heterocycles. The van der Waals surface area contributed by atoms with Crippen molar-refractivity contribution in [2.75, 3.05) is 19.6 Å². The predicted molar refractivity (Wildman–Crippen MR) is 100 cm³/mol. The van der Waals surface area contributed by atoms with Crippen LogP contribution in [0.25, 0.3) is 0 Å². The standard InChI is InChI=1S/C21H26N2O2/c1-18(24)23(16-8-13-19-9-4-2-5-10-19)17-21(25)22-15-14-20-11-6-3-7-12-20/h2-7,9-12H,8,13-17H2,1H3,(H,22,25). The summed E-state index contributed by atoms with van der Waals surface area (Å²) in [4.78, 5) is 25.5. The summed E-state index contributed by atoms with van der Waals surface area (Å²) in [6, 6.07) is 20.2. The smallest absolute Gasteiger partial charge is 0.239 e. The monoisotopic (exact) mass is 338 g/mol. The van der Waals surface area contributed by atoms with Gasteiger partial charge >= 0.3 is 0 Å². The molecule has 0 aliphatic heterocycles. The van der Waals surface area contributed by atoms with E-state index in [9.17, 15) is 9.59 Å². The zero-order valence-electron chi connectivity index (χ0n) is 14.8. The van der Waals surface area contributed by atoms with Crippen molar-refractivity contribution in [1.82, 2.24) is 10.2 Å². The van der Waals surface area contributed by atoms with Crippen LogP contribution in [0.3, 0.4) is 0 Å². The minimum atomic E-state index is -0.106. The molecular weight excluding hydrogens is 312 g/mol. The molecule has 2 aromatic carbocycles. The van der Waals surface area contributed by atoms with Gasteiger partial charge < -0.3 is 10.2 Å². The highest BCUT2D eigenvalue weighted by Crippen LogP contribution is 2.04. The average molecular weight is 338 g/mol. The second kappa shape index (κ2) is 10.3. The Morgan fingerprint density at radius 2 is 1.44 bits per heavy atom. The molecule has 0 aromatic heterocycles. The largest absolute Gasteiger partial charge is 0.354 e. The lowest BCUT2D eigenvalue weighted by Gasteiger charge is -2.20. The Labute approximate surface area is 149 Å². The van der Waals surface area contributed by atoms with Crippen LogP contribution in [0.2, 0.25) is 0 Å². The zero-order chi connectivity index (χ0) is 17.9. The lowest BCUT2D eigenvalue weighted by Crippen LogP contribution is -2.40. The molecule has 1 N–H and O–H groups in total. The minimum Gasteiger partial charge on any atom is -0.354 e. The molecule has 0 radical (unpaired) electrons. The number of hydrogen-bond donors (Lipinski definition) is 1. The van der Waals surface area contributed by atoms with E-state index in [0.717, 1.165) is 19.3 Å². The van der Waals surface area contributed by atoms with Crippen molar-refractivity contribution in [3.8, 4) is 0 Å². The number of amides is 2. The van der Waals surface area contributed by atoms with E-state index in [0.29, 0.717) is 13.1 Å². The molecule has 0 atom stereocenters. The lowest BCUT2D eigenvalue weighted by atomic mass is 10.1. The summed E-state index contributed by atoms with van der Waals surface area (Å²) in [5.74, 6) is -0.169. The Bertz CT molecular complexity index is 656. The first-order valence-corrected chi connectivity index (χ1v) is 8.75. The molecule has 25 heavy (non-hydrogen) atoms. The zero-order valence-corrected chi connectivity index (χ0v) is 14.8. The van der Waals surface area contributed by atoms with E-state index in [-0.39, 0.29) is 18.4 Å². The molecule has 0 unspecified atom stereocenters. The van der Waals surface area contributed by atoms with Crippen molar-refractivity contribution in [2.24, 2.45) is 0 Å². The van der Waals surface area contributed by atoms with Crippen LogP contribution in [0.4, 0.5) is 0 Å². The summed E-state index contributed by atoms with van der Waals surface area (Å²) >= 11 is 0. The summed E-state index contributed by atoms with van der Waals surface area (Å²) in [5.41, 5.74) is 2.44. The molecule has 2 amide bonds. The van der Waals surface area contributed by atoms with Crippen molar-refractivity contribution < 1.29 is 9.59 Å². The van der Waals surface area contributed by atoms with E-state index >= 15 is 0 Å². The number of carbonyl (C=O) groups excluding carboxylic acids is 2. The van der Waals surface area contributed by atoms with Crippen molar-refractivity contribution in [2.45, 2.75) is 26.2 Å². The molecule has 0 fully saturated rings. The van der Waals surface area contributed by atoms with Crippen LogP contribution >= 0.6 is 0 Å². The van der Waals surface area contributed by atoms with E-state index in [1.54, 1.807) is 4.90 Å². The van der Waals surface area contributed by atoms with Crippen molar-refractivity contribution in [3.63, 3.8) is 0 Å². The normalized spacial score (nSPS) is 10.3. The molecule has 0 spiro atoms. The third-order valence-corrected chi connectivity index (χ3v) is 4.09. The number of carbonyl (C=O) groups is 2. The summed E-state index contributed by atoms with van der Waals surface area (Å²) in [6.45, 7) is 2.81. The van der Waals surface area contributed by atoms with Crippen LogP contribution in [0, 0.1) is 0 Å². The summed E-state index contributed by atoms with van der Waals surface area (Å²) < 4.78 is 0. The highest BCUT2D eigenvalue weighted by molar-refractivity contribution is 5.83. The molecule has 4 heteroatoms. The van der Waals surface area contributed by atoms with Crippen molar-refractivity contribution in [3.05, 3.63) is 71.8 Å². The topological polar surface area (TPSA) is 49.4 Å². The van der Waals surface area contributed by atoms with Gasteiger partial charge in [-0.2, -0.15) is 0 Å². The summed E-state index contributed by atoms with van der Waals surface area (Å²) in [7, 11) is 0. The Kier molecular flexibility index (Phi) is 7.70. The Morgan fingerprint density at radius 1 is 0.880 bits per heavy atom. The van der Waals surface area contributed by atoms with Gasteiger partial charge in [-0.1, -0.05) is 60.7 Å². The Hall–Kier alpha value is -2.62. The maximum atomic E-state index is 12.1. The van der Waals surface area contributed by atoms with Crippen LogP contribution in [0.1, 0.15) is 24.5 Å². The van der Waals surface area contributed by atoms with E-state index in [2.05, 4.69) is 17.4 Å². The van der Waals surface area contributed by atoms with Crippen LogP contribution in [-0.4, -0.2) is 36.3 Å². The SMILES string of the molecule is CC(=O)N(CCCc1ccccc1)CC(=O)NCCc1ccccc1. The first-order chi connectivity index (χ1) is 12.1. The molecule has 0 aliphatic carbocycles. The van der Waals surface area contributed by atoms with Crippen LogP contribution in [-0.2, 0) is 22.4 Å². The van der Waals surface area contributed by atoms with Crippen LogP contribution < -0.4 is 5.32 Å². The molecule has 132 valence electrons. The highest BCUT2D eigenvalue weighted by Gasteiger charge is 2.13. The molecule has 0 saturated carbocycles. The average Bonchev–Trinajstić information content (AvgIpc) is 2.62. The number of rotatable bonds is 9. The molecule has 0 bridgehead atoms. The minimum absolute atomic E-state index is 0.0636. The number of nitrogens with zero attached hydrogens (tertiary/aromatic N) is 1. The first-order valence-electron chi connectivity index (χ1n) is 8.75. The number of nitrogens with one attached hydrogen (secondary N) is 1. The van der Waals surface area contributed by atoms with E-state index in [1.165, 1.54) is 18.1 Å². The van der Waals surface area contributed by atoms with Gasteiger partial charge in [0.2, 0.25) is 11.8 Å². The van der Waals surface area contributed by atoms with Gasteiger partial charge in [0.25, 0.3) is 0 Å². The lowest BCUT2D eigenvalue weighted by molar-refractivity contribution is -0.134. The van der Waals surface area contributed by atoms with Gasteiger partial charge in [0, 0.05) is 20.0 Å². The molecule has 4 nitrogen and oxygen atoms in total. The first kappa shape index (κ1) is 18.7. The maximum absolute atomic E-state index is 12.1. The molecule has 0 aliphatic rings. The second-order valence-corrected chi connectivity index (χ2v) is 6.12. The fourth-order valence-electron chi connectivity index (χ4n) is 2.69. The number of aryl methyl sites for hydroxylation is 1. The second-order valence-electron chi connectivity index (χ2n) is 6.12. The van der Waals surface area contributed by atoms with Crippen molar-refractivity contribution in [1.29, 1.82) is 0 Å². The van der Waals surface area contributed by atoms with Gasteiger partial charge in [-0.15, -0.1) is 0 Å². The van der Waals surface area contributed by atoms with E-state index in [1.807, 2.05) is 48.5 Å². The molecular formula is C21H26N2O2. The molecule has 0 heterocycles. The number of hydrogen-bond acceptors (Lipinski definition) is 2. The number of benzene rings is 2. The Balaban J connectivity index is 1.70. The highest BCUT2D eigenvalue weighted by atomic mass is 16.2. The third-order valence-electron chi connectivity index (χ3n) is 4.09. The Morgan fingerprint density at radius 3 is 2.00 bits per heavy atom. The quantitative estimate of drug-likeness (QED) is 0.764. The van der Waals surface area contributed by atoms with Crippen molar-refractivity contribution >= 4 is 11.8 Å². The van der Waals surface area contributed by atoms with Gasteiger partial charge in [0.1, 0.15) is 0 Å². The third kappa shape index (κ3) is 7.21. The van der Waals surface area contributed by atoms with Gasteiger partial charge in [-0.05, 0) is 30.4 Å². The van der Waals surface area contributed by atoms with E-state index < -0.39 is 0 Å². The molecule has 2 aromatic rings. The van der Waals surface area contributed by atoms with Gasteiger partial charge in [0.05, 0.1) is 6.54 Å². The van der Waals surface area contributed by atoms with E-state index in [4.69, 9.17) is 0 Å². The van der Waals surface area contributed by atoms with Gasteiger partial charge in [-0.3, -0.25) is 9.59 Å². The molecule has 2 rings (SSSR count). The van der Waals surface area contributed by atoms with Gasteiger partial charge in [-0.25, -0.2) is 0 Å². The fraction of sp³-hybridized carbons (Fsp3) is 0.333.